The Morgan fingerprint density at radius 2 is 0.973 bits per heavy atom. The molecule has 0 radical (unpaired) electrons. The number of aryl methyl sites for hydroxylation is 1. The van der Waals surface area contributed by atoms with E-state index in [4.69, 9.17) is 47.9 Å². The summed E-state index contributed by atoms with van der Waals surface area (Å²) < 4.78 is 48.8. The molecular weight excluding hydrogens is 1400 g/mol. The number of nitrogens with one attached hydrogen (secondary N) is 7. The van der Waals surface area contributed by atoms with E-state index in [0.717, 1.165) is 54.7 Å². The molecule has 0 aliphatic rings. The van der Waals surface area contributed by atoms with Gasteiger partial charge in [-0.3, -0.25) is 9.59 Å². The molecule has 9 N–H and O–H groups in total. The summed E-state index contributed by atoms with van der Waals surface area (Å²) in [6, 6.07) is 16.8. The third kappa shape index (κ3) is 67.9. The summed E-state index contributed by atoms with van der Waals surface area (Å²) in [7, 11) is 0. The van der Waals surface area contributed by atoms with Crippen LogP contribution in [0.1, 0.15) is 167 Å². The number of hydrogen-bond acceptors (Lipinski definition) is 22. The van der Waals surface area contributed by atoms with Crippen LogP contribution in [0.3, 0.4) is 0 Å². The highest BCUT2D eigenvalue weighted by Gasteiger charge is 2.29. The first-order valence-electron chi connectivity index (χ1n) is 38.7. The summed E-state index contributed by atoms with van der Waals surface area (Å²) in [5.74, 6) is 24.1. The summed E-state index contributed by atoms with van der Waals surface area (Å²) in [5.41, 5.74) is 4.54. The first-order chi connectivity index (χ1) is 52.5. The summed E-state index contributed by atoms with van der Waals surface area (Å²) in [6.45, 7) is 47.5. The van der Waals surface area contributed by atoms with Crippen LogP contribution in [0.25, 0.3) is 0 Å². The van der Waals surface area contributed by atoms with Gasteiger partial charge >= 0.3 is 18.3 Å². The molecule has 4 amide bonds. The predicted octanol–water partition coefficient (Wildman–Crippen LogP) is 11.3. The van der Waals surface area contributed by atoms with Crippen LogP contribution in [0, 0.1) is 88.3 Å². The molecule has 0 saturated heterocycles. The number of ether oxygens (including phenoxy) is 9. The molecule has 2 aromatic rings. The summed E-state index contributed by atoms with van der Waals surface area (Å²) in [5, 5.41) is 56.9. The fourth-order valence-corrected chi connectivity index (χ4v) is 8.37. The number of Topliss-reactive ketones (excluding diaryl/α,β-unsaturated/α-hetero) is 1. The van der Waals surface area contributed by atoms with E-state index in [1.54, 1.807) is 0 Å². The van der Waals surface area contributed by atoms with Gasteiger partial charge in [0.1, 0.15) is 36.9 Å². The molecule has 0 spiro atoms. The van der Waals surface area contributed by atoms with Crippen molar-refractivity contribution in [2.45, 2.75) is 206 Å². The number of amides is 4. The van der Waals surface area contributed by atoms with Crippen LogP contribution < -0.4 is 42.0 Å². The van der Waals surface area contributed by atoms with Gasteiger partial charge in [-0.1, -0.05) is 196 Å². The minimum Gasteiger partial charge on any atom is -0.489 e. The number of azo groups is 1. The second-order valence-electron chi connectivity index (χ2n) is 27.8. The molecule has 0 fully saturated rings. The van der Waals surface area contributed by atoms with E-state index < -0.39 is 48.3 Å². The van der Waals surface area contributed by atoms with Gasteiger partial charge in [-0.25, -0.2) is 14.4 Å². The van der Waals surface area contributed by atoms with E-state index in [0.29, 0.717) is 140 Å². The fraction of sp³-hybridized carbons (Fsp3) is 0.667. The number of rotatable bonds is 49. The highest BCUT2D eigenvalue weighted by molar-refractivity contribution is 5.91. The third-order valence-corrected chi connectivity index (χ3v) is 14.0. The average Bonchev–Trinajstić information content (AvgIpc) is 0.872. The zero-order valence-corrected chi connectivity index (χ0v) is 69.3. The fourth-order valence-electron chi connectivity index (χ4n) is 8.37. The third-order valence-electron chi connectivity index (χ3n) is 14.0. The molecule has 618 valence electrons. The Morgan fingerprint density at radius 1 is 0.509 bits per heavy atom. The van der Waals surface area contributed by atoms with E-state index in [9.17, 15) is 34.2 Å². The SMILES string of the molecule is C=C(CCCC(C)C)COC(=O)NCC#CC(C)C.CC(C)C#CCNC(=O)C(O)C(O)C(=O)CCCNC(C)C.CC(C)C#CCNC(=O)OC(CC#N)COCCOCCOCCNC(C)C.CCc1ccc(OCCOCCOCCNC(C)C)c(N=Nc2ccc(CCOC(=O)NCC#CC(C)C)cc2)c1. The van der Waals surface area contributed by atoms with Gasteiger partial charge in [0.05, 0.1) is 117 Å². The minimum absolute atomic E-state index is 0.0597. The van der Waals surface area contributed by atoms with Crippen LogP contribution in [0.5, 0.6) is 5.75 Å². The molecule has 2 rings (SSSR count). The van der Waals surface area contributed by atoms with Crippen LogP contribution in [-0.2, 0) is 60.3 Å². The largest absolute Gasteiger partial charge is 0.489 e. The maximum absolute atomic E-state index is 11.7. The lowest BCUT2D eigenvalue weighted by Gasteiger charge is -2.16. The van der Waals surface area contributed by atoms with E-state index in [-0.39, 0.29) is 63.4 Å². The number of ketones is 1. The van der Waals surface area contributed by atoms with E-state index in [1.165, 1.54) is 6.42 Å². The van der Waals surface area contributed by atoms with Crippen LogP contribution >= 0.6 is 0 Å². The van der Waals surface area contributed by atoms with Gasteiger partial charge in [0.2, 0.25) is 0 Å². The van der Waals surface area contributed by atoms with E-state index in [1.807, 2.05) is 118 Å². The zero-order chi connectivity index (χ0) is 82.5. The van der Waals surface area contributed by atoms with Crippen molar-refractivity contribution in [2.24, 2.45) is 39.8 Å². The molecule has 110 heavy (non-hydrogen) atoms. The van der Waals surface area contributed by atoms with Gasteiger partial charge in [-0.15, -0.1) is 5.11 Å². The number of carbonyl (C=O) groups excluding carboxylic acids is 5. The van der Waals surface area contributed by atoms with Crippen molar-refractivity contribution < 1.29 is 76.8 Å². The Morgan fingerprint density at radius 3 is 1.46 bits per heavy atom. The van der Waals surface area contributed by atoms with Crippen LogP contribution in [0.2, 0.25) is 0 Å². The average molecular weight is 1540 g/mol. The molecule has 2 aromatic carbocycles. The molecular formula is C84H136N10O16. The lowest BCUT2D eigenvalue weighted by atomic mass is 10.0. The summed E-state index contributed by atoms with van der Waals surface area (Å²) in [6.07, 6.45) is -0.192. The Bertz CT molecular complexity index is 3130. The van der Waals surface area contributed by atoms with Crippen molar-refractivity contribution in [1.29, 1.82) is 5.26 Å². The summed E-state index contributed by atoms with van der Waals surface area (Å²) in [4.78, 5) is 58.1. The van der Waals surface area contributed by atoms with Gasteiger partial charge in [-0.2, -0.15) is 10.4 Å². The van der Waals surface area contributed by atoms with Crippen molar-refractivity contribution >= 4 is 41.3 Å². The zero-order valence-electron chi connectivity index (χ0n) is 69.3. The van der Waals surface area contributed by atoms with E-state index in [2.05, 4.69) is 150 Å². The van der Waals surface area contributed by atoms with Crippen molar-refractivity contribution in [2.75, 3.05) is 132 Å². The second kappa shape index (κ2) is 70.0. The van der Waals surface area contributed by atoms with Crippen molar-refractivity contribution in [3.05, 3.63) is 65.7 Å². The maximum atomic E-state index is 11.7. The number of aliphatic hydroxyl groups excluding tert-OH is 2. The van der Waals surface area contributed by atoms with Crippen molar-refractivity contribution in [3.63, 3.8) is 0 Å². The number of hydrogen-bond donors (Lipinski definition) is 9. The molecule has 0 aliphatic carbocycles. The van der Waals surface area contributed by atoms with E-state index >= 15 is 0 Å². The molecule has 0 bridgehead atoms. The topological polar surface area (TPSA) is 342 Å². The number of benzene rings is 2. The van der Waals surface area contributed by atoms with Crippen molar-refractivity contribution in [3.8, 4) is 59.2 Å². The summed E-state index contributed by atoms with van der Waals surface area (Å²) >= 11 is 0. The number of carbonyl (C=O) groups is 5. The number of aliphatic hydroxyl groups is 2. The lowest BCUT2D eigenvalue weighted by molar-refractivity contribution is -0.144. The van der Waals surface area contributed by atoms with Crippen molar-refractivity contribution in [1.82, 2.24) is 37.2 Å². The standard InChI is InChI=1S/C32H46N4O5.C20H35N3O5.C16H28N2O4.C16H27NO2/c1-6-27-11-14-31(40-23-22-39-21-20-38-19-17-33-26(4)5)30(24-27)36-35-29-12-9-28(10-13-29)15-18-41-32(37)34-16-7-8-25(2)3;1-17(2)6-5-9-23-20(24)28-19(7-8-21)16-27-15-14-26-13-12-25-11-10-22-18(3)4;1-11(2)7-5-10-18-16(22)15(21)14(20)13(19)8-6-9-17-12(3)4;1-13(2)8-6-10-15(5)12-19-16(18)17-11-7-9-14(3)4/h9-14,24-26,33H,6,15-23H2,1-5H3,(H,34,37);17-19,22H,7,9-16H2,1-4H3,(H,23,24);11-12,14-15,17,20-21H,6,8-10H2,1-4H3,(H,18,22);13-14H,5-6,8,10-12H2,1-4H3,(H,17,18). The molecule has 26 nitrogen and oxygen atoms in total. The molecule has 0 saturated carbocycles. The van der Waals surface area contributed by atoms with Crippen LogP contribution in [-0.4, -0.2) is 208 Å². The quantitative estimate of drug-likeness (QED) is 0.00977. The highest BCUT2D eigenvalue weighted by atomic mass is 16.6. The smallest absolute Gasteiger partial charge is 0.408 e. The van der Waals surface area contributed by atoms with Crippen LogP contribution in [0.15, 0.2) is 64.8 Å². The minimum atomic E-state index is -1.76. The molecule has 0 heterocycles. The first kappa shape index (κ1) is 104. The Kier molecular flexibility index (Phi) is 66.1. The van der Waals surface area contributed by atoms with Gasteiger partial charge in [0.15, 0.2) is 11.9 Å². The Balaban J connectivity index is 0. The Labute approximate surface area is 659 Å². The van der Waals surface area contributed by atoms with Gasteiger partial charge in [0.25, 0.3) is 5.91 Å². The highest BCUT2D eigenvalue weighted by Crippen LogP contribution is 2.31. The molecule has 3 unspecified atom stereocenters. The van der Waals surface area contributed by atoms with Crippen LogP contribution in [0.4, 0.5) is 25.8 Å². The number of nitrogens with zero attached hydrogens (tertiary/aromatic N) is 3. The molecule has 26 heteroatoms. The maximum Gasteiger partial charge on any atom is 0.408 e. The normalized spacial score (nSPS) is 11.5. The van der Waals surface area contributed by atoms with Gasteiger partial charge in [-0.05, 0) is 79.1 Å². The molecule has 3 atom stereocenters. The monoisotopic (exact) mass is 1540 g/mol. The predicted molar refractivity (Wildman–Crippen MR) is 434 cm³/mol. The first-order valence-corrected chi connectivity index (χ1v) is 38.7. The van der Waals surface area contributed by atoms with Gasteiger partial charge < -0.3 is 90.1 Å². The lowest BCUT2D eigenvalue weighted by Crippen LogP contribution is -2.45. The van der Waals surface area contributed by atoms with Gasteiger partial charge in [0, 0.05) is 67.7 Å². The molecule has 0 aliphatic heterocycles. The number of nitriles is 1. The molecule has 0 aromatic heterocycles. The number of alkyl carbamates (subject to hydrolysis) is 3. The Hall–Kier alpha value is -8.14. The second-order valence-corrected chi connectivity index (χ2v) is 27.8.